The Labute approximate surface area is 193 Å². The van der Waals surface area contributed by atoms with Crippen LogP contribution in [-0.4, -0.2) is 50.9 Å². The molecule has 0 radical (unpaired) electrons. The van der Waals surface area contributed by atoms with Gasteiger partial charge in [-0.1, -0.05) is 19.1 Å². The predicted octanol–water partition coefficient (Wildman–Crippen LogP) is 4.51. The number of pyridine rings is 1. The predicted molar refractivity (Wildman–Crippen MR) is 125 cm³/mol. The van der Waals surface area contributed by atoms with E-state index in [1.807, 2.05) is 18.0 Å². The highest BCUT2D eigenvalue weighted by atomic mass is 19.1. The first-order valence-corrected chi connectivity index (χ1v) is 11.6. The highest BCUT2D eigenvalue weighted by molar-refractivity contribution is 6.00. The van der Waals surface area contributed by atoms with Gasteiger partial charge in [0.05, 0.1) is 23.2 Å². The number of aromatic nitrogens is 3. The summed E-state index contributed by atoms with van der Waals surface area (Å²) in [6, 6.07) is 10.7. The summed E-state index contributed by atoms with van der Waals surface area (Å²) in [5.41, 5.74) is 1.62. The lowest BCUT2D eigenvalue weighted by molar-refractivity contribution is 0.0681. The second kappa shape index (κ2) is 8.89. The monoisotopic (exact) mass is 445 g/mol. The minimum Gasteiger partial charge on any atom is -0.352 e. The van der Waals surface area contributed by atoms with Crippen LogP contribution < -0.4 is 4.90 Å². The number of likely N-dealkylation sites (tertiary alicyclic amines) is 1. The van der Waals surface area contributed by atoms with Crippen LogP contribution in [0.2, 0.25) is 0 Å². The van der Waals surface area contributed by atoms with Crippen molar-refractivity contribution >= 4 is 11.7 Å². The van der Waals surface area contributed by atoms with E-state index in [4.69, 9.17) is 0 Å². The van der Waals surface area contributed by atoms with Crippen molar-refractivity contribution in [2.75, 3.05) is 18.0 Å². The number of hydrogen-bond acceptors (Lipinski definition) is 5. The molecule has 7 heteroatoms. The number of carbonyl (C=O) groups is 1. The Bertz CT molecular complexity index is 1140. The number of amides is 1. The van der Waals surface area contributed by atoms with E-state index in [1.54, 1.807) is 30.6 Å². The average molecular weight is 446 g/mol. The number of anilines is 1. The first-order valence-electron chi connectivity index (χ1n) is 11.6. The Morgan fingerprint density at radius 2 is 1.94 bits per heavy atom. The number of rotatable bonds is 6. The smallest absolute Gasteiger partial charge is 0.255 e. The van der Waals surface area contributed by atoms with Gasteiger partial charge in [-0.15, -0.1) is 0 Å². The lowest BCUT2D eigenvalue weighted by Gasteiger charge is -2.40. The molecule has 0 spiro atoms. The minimum absolute atomic E-state index is 0.0740. The van der Waals surface area contributed by atoms with E-state index in [-0.39, 0.29) is 29.4 Å². The van der Waals surface area contributed by atoms with Crippen LogP contribution in [0.25, 0.3) is 11.4 Å². The number of carbonyl (C=O) groups excluding carboxylic acids is 1. The van der Waals surface area contributed by atoms with Gasteiger partial charge in [-0.3, -0.25) is 4.79 Å². The molecular formula is C26H28FN5O. The molecule has 1 aromatic carbocycles. The van der Waals surface area contributed by atoms with Gasteiger partial charge in [0.15, 0.2) is 5.82 Å². The van der Waals surface area contributed by atoms with Gasteiger partial charge in [0.1, 0.15) is 11.6 Å². The van der Waals surface area contributed by atoms with Crippen molar-refractivity contribution in [3.63, 3.8) is 0 Å². The van der Waals surface area contributed by atoms with Crippen LogP contribution in [0.4, 0.5) is 10.2 Å². The molecule has 3 heterocycles. The van der Waals surface area contributed by atoms with Crippen LogP contribution in [0, 0.1) is 18.7 Å². The standard InChI is InChI=1S/C26H28FN5O/c1-3-12-31(23-9-8-17(2)15-30-23)21-13-18-14-22(21)32(16-18)26(33)19-6-4-7-20(27)24(19)25-28-10-5-11-29-25/h4-11,15,18,21-22H,3,12-14,16H2,1-2H3. The maximum atomic E-state index is 14.9. The third-order valence-electron chi connectivity index (χ3n) is 6.80. The first kappa shape index (κ1) is 21.5. The van der Waals surface area contributed by atoms with Gasteiger partial charge in [-0.2, -0.15) is 0 Å². The van der Waals surface area contributed by atoms with Gasteiger partial charge in [-0.05, 0) is 61.9 Å². The molecule has 2 aromatic heterocycles. The largest absolute Gasteiger partial charge is 0.352 e. The topological polar surface area (TPSA) is 62.2 Å². The first-order chi connectivity index (χ1) is 16.1. The van der Waals surface area contributed by atoms with Crippen molar-refractivity contribution in [2.24, 2.45) is 5.92 Å². The van der Waals surface area contributed by atoms with Gasteiger partial charge in [0.2, 0.25) is 0 Å². The van der Waals surface area contributed by atoms with E-state index in [0.717, 1.165) is 37.2 Å². The third kappa shape index (κ3) is 3.96. The summed E-state index contributed by atoms with van der Waals surface area (Å²) in [6.07, 6.45) is 8.03. The van der Waals surface area contributed by atoms with E-state index < -0.39 is 5.82 Å². The Hall–Kier alpha value is -3.35. The summed E-state index contributed by atoms with van der Waals surface area (Å²) in [6.45, 7) is 5.78. The van der Waals surface area contributed by atoms with Gasteiger partial charge in [-0.25, -0.2) is 19.3 Å². The third-order valence-corrected chi connectivity index (χ3v) is 6.80. The second-order valence-electron chi connectivity index (χ2n) is 9.05. The molecule has 3 unspecified atom stereocenters. The molecule has 3 atom stereocenters. The summed E-state index contributed by atoms with van der Waals surface area (Å²) in [7, 11) is 0. The molecule has 0 N–H and O–H groups in total. The van der Waals surface area contributed by atoms with E-state index in [1.165, 1.54) is 6.07 Å². The summed E-state index contributed by atoms with van der Waals surface area (Å²) in [5, 5.41) is 0. The summed E-state index contributed by atoms with van der Waals surface area (Å²) < 4.78 is 14.9. The van der Waals surface area contributed by atoms with Crippen LogP contribution in [-0.2, 0) is 0 Å². The molecule has 33 heavy (non-hydrogen) atoms. The van der Waals surface area contributed by atoms with Crippen molar-refractivity contribution < 1.29 is 9.18 Å². The molecular weight excluding hydrogens is 417 g/mol. The molecule has 1 aliphatic heterocycles. The van der Waals surface area contributed by atoms with Gasteiger partial charge in [0, 0.05) is 31.7 Å². The van der Waals surface area contributed by atoms with Crippen LogP contribution in [0.5, 0.6) is 0 Å². The van der Waals surface area contributed by atoms with E-state index in [2.05, 4.69) is 38.9 Å². The van der Waals surface area contributed by atoms with Crippen molar-refractivity contribution in [1.82, 2.24) is 19.9 Å². The number of piperidine rings is 1. The van der Waals surface area contributed by atoms with Crippen LogP contribution >= 0.6 is 0 Å². The molecule has 1 saturated carbocycles. The Balaban J connectivity index is 1.47. The zero-order valence-electron chi connectivity index (χ0n) is 19.0. The fourth-order valence-electron chi connectivity index (χ4n) is 5.39. The highest BCUT2D eigenvalue weighted by Crippen LogP contribution is 2.42. The molecule has 3 aromatic rings. The number of benzene rings is 1. The number of aryl methyl sites for hydroxylation is 1. The quantitative estimate of drug-likeness (QED) is 0.559. The van der Waals surface area contributed by atoms with E-state index in [0.29, 0.717) is 18.0 Å². The molecule has 1 aliphatic carbocycles. The fraction of sp³-hybridized carbons (Fsp3) is 0.385. The molecule has 1 saturated heterocycles. The average Bonchev–Trinajstić information content (AvgIpc) is 3.44. The van der Waals surface area contributed by atoms with Crippen LogP contribution in [0.3, 0.4) is 0 Å². The van der Waals surface area contributed by atoms with Gasteiger partial charge >= 0.3 is 0 Å². The second-order valence-corrected chi connectivity index (χ2v) is 9.05. The molecule has 5 rings (SSSR count). The SMILES string of the molecule is CCCN(c1ccc(C)cn1)C1CC2CC1N(C(=O)c1cccc(F)c1-c1ncccn1)C2. The normalized spacial score (nSPS) is 21.4. The Morgan fingerprint density at radius 3 is 2.64 bits per heavy atom. The maximum absolute atomic E-state index is 14.9. The maximum Gasteiger partial charge on any atom is 0.255 e. The molecule has 2 fully saturated rings. The number of fused-ring (bicyclic) bond motifs is 2. The molecule has 1 amide bonds. The number of nitrogens with zero attached hydrogens (tertiary/aromatic N) is 5. The Kier molecular flexibility index (Phi) is 5.79. The molecule has 2 bridgehead atoms. The molecule has 2 aliphatic rings. The van der Waals surface area contributed by atoms with Crippen LogP contribution in [0.1, 0.15) is 42.1 Å². The minimum atomic E-state index is -0.482. The summed E-state index contributed by atoms with van der Waals surface area (Å²) >= 11 is 0. The fourth-order valence-corrected chi connectivity index (χ4v) is 5.39. The summed E-state index contributed by atoms with van der Waals surface area (Å²) in [4.78, 5) is 31.1. The van der Waals surface area contributed by atoms with Gasteiger partial charge < -0.3 is 9.80 Å². The van der Waals surface area contributed by atoms with Crippen molar-refractivity contribution in [1.29, 1.82) is 0 Å². The van der Waals surface area contributed by atoms with E-state index in [9.17, 15) is 9.18 Å². The zero-order valence-corrected chi connectivity index (χ0v) is 19.0. The number of hydrogen-bond donors (Lipinski definition) is 0. The molecule has 6 nitrogen and oxygen atoms in total. The lowest BCUT2D eigenvalue weighted by Crippen LogP contribution is -2.52. The lowest BCUT2D eigenvalue weighted by atomic mass is 10.00. The van der Waals surface area contributed by atoms with E-state index >= 15 is 0 Å². The van der Waals surface area contributed by atoms with Crippen molar-refractivity contribution in [3.05, 3.63) is 71.9 Å². The summed E-state index contributed by atoms with van der Waals surface area (Å²) in [5.74, 6) is 0.999. The van der Waals surface area contributed by atoms with Crippen LogP contribution in [0.15, 0.2) is 55.0 Å². The van der Waals surface area contributed by atoms with Crippen molar-refractivity contribution in [2.45, 2.75) is 45.2 Å². The van der Waals surface area contributed by atoms with Crippen molar-refractivity contribution in [3.8, 4) is 11.4 Å². The zero-order chi connectivity index (χ0) is 22.9. The van der Waals surface area contributed by atoms with Gasteiger partial charge in [0.25, 0.3) is 5.91 Å². The number of halogens is 1. The Morgan fingerprint density at radius 1 is 1.12 bits per heavy atom. The highest BCUT2D eigenvalue weighted by Gasteiger charge is 2.49. The molecule has 170 valence electrons.